The van der Waals surface area contributed by atoms with E-state index < -0.39 is 0 Å². The van der Waals surface area contributed by atoms with Crippen molar-refractivity contribution in [3.8, 4) is 0 Å². The van der Waals surface area contributed by atoms with E-state index >= 15 is 0 Å². The van der Waals surface area contributed by atoms with E-state index in [1.807, 2.05) is 7.05 Å². The molecular weight excluding hydrogens is 190 g/mol. The number of anilines is 1. The molecule has 1 heterocycles. The Labute approximate surface area is 90.0 Å². The zero-order chi connectivity index (χ0) is 10.8. The summed E-state index contributed by atoms with van der Waals surface area (Å²) in [5.41, 5.74) is 0.756. The maximum absolute atomic E-state index is 8.88. The first-order valence-electron chi connectivity index (χ1n) is 5.37. The van der Waals surface area contributed by atoms with Crippen molar-refractivity contribution in [3.63, 3.8) is 0 Å². The van der Waals surface area contributed by atoms with Crippen molar-refractivity contribution in [2.45, 2.75) is 32.4 Å². The van der Waals surface area contributed by atoms with Gasteiger partial charge >= 0.3 is 0 Å². The summed E-state index contributed by atoms with van der Waals surface area (Å²) in [6.07, 6.45) is 6.00. The van der Waals surface area contributed by atoms with Crippen LogP contribution in [0.1, 0.15) is 25.3 Å². The molecule has 0 bridgehead atoms. The topological polar surface area (TPSA) is 49.2 Å². The predicted octanol–water partition coefficient (Wildman–Crippen LogP) is 1.20. The summed E-state index contributed by atoms with van der Waals surface area (Å²) >= 11 is 0. The van der Waals surface area contributed by atoms with Crippen molar-refractivity contribution < 1.29 is 5.11 Å². The third-order valence-electron chi connectivity index (χ3n) is 3.10. The van der Waals surface area contributed by atoms with Crippen LogP contribution in [0.2, 0.25) is 0 Å². The molecule has 4 heteroatoms. The molecule has 0 aromatic carbocycles. The van der Waals surface area contributed by atoms with Gasteiger partial charge in [0.2, 0.25) is 5.95 Å². The lowest BCUT2D eigenvalue weighted by molar-refractivity contribution is 0.281. The summed E-state index contributed by atoms with van der Waals surface area (Å²) in [6.45, 7) is 2.21. The molecule has 1 aliphatic carbocycles. The normalized spacial score (nSPS) is 17.5. The maximum atomic E-state index is 8.88. The van der Waals surface area contributed by atoms with Crippen LogP contribution in [0.25, 0.3) is 0 Å². The first-order valence-corrected chi connectivity index (χ1v) is 5.37. The summed E-state index contributed by atoms with van der Waals surface area (Å²) in [4.78, 5) is 10.6. The van der Waals surface area contributed by atoms with Crippen molar-refractivity contribution in [2.24, 2.45) is 5.92 Å². The smallest absolute Gasteiger partial charge is 0.225 e. The Hall–Kier alpha value is -1.16. The molecule has 1 fully saturated rings. The molecule has 0 radical (unpaired) electrons. The lowest BCUT2D eigenvalue weighted by Crippen LogP contribution is -2.32. The van der Waals surface area contributed by atoms with Gasteiger partial charge in [-0.1, -0.05) is 0 Å². The van der Waals surface area contributed by atoms with Gasteiger partial charge in [0.1, 0.15) is 0 Å². The van der Waals surface area contributed by atoms with E-state index in [4.69, 9.17) is 5.11 Å². The number of nitrogens with zero attached hydrogens (tertiary/aromatic N) is 3. The van der Waals surface area contributed by atoms with Gasteiger partial charge in [0.25, 0.3) is 0 Å². The molecule has 2 rings (SSSR count). The Bertz CT molecular complexity index is 321. The molecule has 0 amide bonds. The standard InChI is InChI=1S/C11H17N3O/c1-8(10-3-4-10)14(2)11-12-5-9(7-15)6-13-11/h5-6,8,10,15H,3-4,7H2,1-2H3. The van der Waals surface area contributed by atoms with Gasteiger partial charge in [0.05, 0.1) is 6.61 Å². The second kappa shape index (κ2) is 4.14. The van der Waals surface area contributed by atoms with Gasteiger partial charge in [-0.15, -0.1) is 0 Å². The minimum atomic E-state index is 0.00216. The van der Waals surface area contributed by atoms with Gasteiger partial charge in [0.15, 0.2) is 0 Å². The van der Waals surface area contributed by atoms with Crippen LogP contribution in [0.4, 0.5) is 5.95 Å². The second-order valence-corrected chi connectivity index (χ2v) is 4.24. The van der Waals surface area contributed by atoms with Gasteiger partial charge in [0, 0.05) is 31.0 Å². The summed E-state index contributed by atoms with van der Waals surface area (Å²) in [5.74, 6) is 1.54. The molecule has 1 unspecified atom stereocenters. The monoisotopic (exact) mass is 207 g/mol. The largest absolute Gasteiger partial charge is 0.392 e. The molecule has 0 aliphatic heterocycles. The van der Waals surface area contributed by atoms with Crippen molar-refractivity contribution in [1.82, 2.24) is 9.97 Å². The van der Waals surface area contributed by atoms with E-state index in [0.29, 0.717) is 6.04 Å². The molecule has 1 atom stereocenters. The van der Waals surface area contributed by atoms with Crippen molar-refractivity contribution >= 4 is 5.95 Å². The maximum Gasteiger partial charge on any atom is 0.225 e. The Morgan fingerprint density at radius 1 is 1.47 bits per heavy atom. The van der Waals surface area contributed by atoms with E-state index in [9.17, 15) is 0 Å². The number of aromatic nitrogens is 2. The first-order chi connectivity index (χ1) is 7.22. The van der Waals surface area contributed by atoms with Crippen LogP contribution >= 0.6 is 0 Å². The van der Waals surface area contributed by atoms with Crippen molar-refractivity contribution in [3.05, 3.63) is 18.0 Å². The molecule has 1 saturated carbocycles. The second-order valence-electron chi connectivity index (χ2n) is 4.24. The lowest BCUT2D eigenvalue weighted by Gasteiger charge is -2.24. The average molecular weight is 207 g/mol. The fraction of sp³-hybridized carbons (Fsp3) is 0.636. The van der Waals surface area contributed by atoms with E-state index in [1.165, 1.54) is 12.8 Å². The van der Waals surface area contributed by atoms with Crippen LogP contribution in [0.15, 0.2) is 12.4 Å². The average Bonchev–Trinajstić information content (AvgIpc) is 3.11. The third kappa shape index (κ3) is 2.26. The molecule has 4 nitrogen and oxygen atoms in total. The Kier molecular flexibility index (Phi) is 2.86. The molecule has 1 aliphatic rings. The number of aliphatic hydroxyl groups excluding tert-OH is 1. The molecule has 0 spiro atoms. The quantitative estimate of drug-likeness (QED) is 0.806. The molecule has 0 saturated heterocycles. The predicted molar refractivity (Wildman–Crippen MR) is 58.5 cm³/mol. The summed E-state index contributed by atoms with van der Waals surface area (Å²) in [7, 11) is 2.02. The lowest BCUT2D eigenvalue weighted by atomic mass is 10.2. The molecule has 82 valence electrons. The van der Waals surface area contributed by atoms with E-state index in [-0.39, 0.29) is 6.61 Å². The van der Waals surface area contributed by atoms with Crippen LogP contribution in [-0.4, -0.2) is 28.2 Å². The van der Waals surface area contributed by atoms with Gasteiger partial charge in [-0.05, 0) is 25.7 Å². The fourth-order valence-electron chi connectivity index (χ4n) is 1.69. The van der Waals surface area contributed by atoms with Crippen LogP contribution in [0.3, 0.4) is 0 Å². The van der Waals surface area contributed by atoms with Crippen LogP contribution in [0, 0.1) is 5.92 Å². The Balaban J connectivity index is 2.07. The number of hydrogen-bond donors (Lipinski definition) is 1. The van der Waals surface area contributed by atoms with E-state index in [0.717, 1.165) is 17.4 Å². The van der Waals surface area contributed by atoms with Crippen molar-refractivity contribution in [1.29, 1.82) is 0 Å². The summed E-state index contributed by atoms with van der Waals surface area (Å²) < 4.78 is 0. The number of rotatable bonds is 4. The van der Waals surface area contributed by atoms with Crippen LogP contribution in [0.5, 0.6) is 0 Å². The molecule has 1 aromatic rings. The Morgan fingerprint density at radius 2 is 2.07 bits per heavy atom. The first kappa shape index (κ1) is 10.4. The van der Waals surface area contributed by atoms with Gasteiger partial charge in [-0.3, -0.25) is 0 Å². The van der Waals surface area contributed by atoms with E-state index in [2.05, 4.69) is 21.8 Å². The molecule has 15 heavy (non-hydrogen) atoms. The Morgan fingerprint density at radius 3 is 2.53 bits per heavy atom. The van der Waals surface area contributed by atoms with Crippen LogP contribution in [-0.2, 0) is 6.61 Å². The zero-order valence-electron chi connectivity index (χ0n) is 9.22. The highest BCUT2D eigenvalue weighted by Gasteiger charge is 2.31. The SMILES string of the molecule is CC(C1CC1)N(C)c1ncc(CO)cn1. The molecule has 1 aromatic heterocycles. The summed E-state index contributed by atoms with van der Waals surface area (Å²) in [5, 5.41) is 8.88. The fourth-order valence-corrected chi connectivity index (χ4v) is 1.69. The van der Waals surface area contributed by atoms with E-state index in [1.54, 1.807) is 12.4 Å². The molecular formula is C11H17N3O. The zero-order valence-corrected chi connectivity index (χ0v) is 9.22. The number of aliphatic hydroxyl groups is 1. The highest BCUT2D eigenvalue weighted by atomic mass is 16.3. The highest BCUT2D eigenvalue weighted by Crippen LogP contribution is 2.35. The van der Waals surface area contributed by atoms with Crippen molar-refractivity contribution in [2.75, 3.05) is 11.9 Å². The van der Waals surface area contributed by atoms with Gasteiger partial charge in [-0.2, -0.15) is 0 Å². The third-order valence-corrected chi connectivity index (χ3v) is 3.10. The highest BCUT2D eigenvalue weighted by molar-refractivity contribution is 5.30. The minimum absolute atomic E-state index is 0.00216. The van der Waals surface area contributed by atoms with Gasteiger partial charge in [-0.25, -0.2) is 9.97 Å². The summed E-state index contributed by atoms with van der Waals surface area (Å²) in [6, 6.07) is 0.505. The number of hydrogen-bond acceptors (Lipinski definition) is 4. The van der Waals surface area contributed by atoms with Gasteiger partial charge < -0.3 is 10.0 Å². The minimum Gasteiger partial charge on any atom is -0.392 e. The molecule has 1 N–H and O–H groups in total. The van der Waals surface area contributed by atoms with Crippen LogP contribution < -0.4 is 4.90 Å².